The standard InChI is InChI=1S/C24H32N2OS/c1-19-8-9-24-22(18-19)26(21-6-2-3-7-23(21)28-24)14-5-4-13-25-15-10-20(11-16-25)12-17-27/h2-3,6-9,18,20,27H,4-5,10-17H2,1H3. The van der Waals surface area contributed by atoms with Crippen molar-refractivity contribution in [3.63, 3.8) is 0 Å². The average Bonchev–Trinajstić information content (AvgIpc) is 2.72. The first-order valence-electron chi connectivity index (χ1n) is 10.7. The van der Waals surface area contributed by atoms with Crippen LogP contribution in [0.3, 0.4) is 0 Å². The van der Waals surface area contributed by atoms with Gasteiger partial charge in [0.25, 0.3) is 0 Å². The second kappa shape index (κ2) is 9.34. The van der Waals surface area contributed by atoms with Crippen molar-refractivity contribution in [2.24, 2.45) is 5.92 Å². The van der Waals surface area contributed by atoms with E-state index in [0.717, 1.165) is 18.9 Å². The zero-order valence-corrected chi connectivity index (χ0v) is 17.8. The Hall–Kier alpha value is -1.49. The van der Waals surface area contributed by atoms with Crippen LogP contribution in [0, 0.1) is 12.8 Å². The molecule has 0 radical (unpaired) electrons. The number of benzene rings is 2. The van der Waals surface area contributed by atoms with Gasteiger partial charge in [-0.3, -0.25) is 0 Å². The number of hydrogen-bond donors (Lipinski definition) is 1. The van der Waals surface area contributed by atoms with E-state index in [1.807, 2.05) is 11.8 Å². The number of likely N-dealkylation sites (tertiary alicyclic amines) is 1. The molecule has 3 nitrogen and oxygen atoms in total. The van der Waals surface area contributed by atoms with Crippen LogP contribution in [-0.2, 0) is 0 Å². The van der Waals surface area contributed by atoms with Crippen molar-refractivity contribution in [2.45, 2.75) is 48.8 Å². The highest BCUT2D eigenvalue weighted by Crippen LogP contribution is 2.48. The van der Waals surface area contributed by atoms with Crippen LogP contribution in [-0.4, -0.2) is 42.8 Å². The van der Waals surface area contributed by atoms with Crippen LogP contribution in [0.15, 0.2) is 52.3 Å². The fourth-order valence-electron chi connectivity index (χ4n) is 4.47. The highest BCUT2D eigenvalue weighted by molar-refractivity contribution is 7.99. The number of fused-ring (bicyclic) bond motifs is 2. The summed E-state index contributed by atoms with van der Waals surface area (Å²) in [5.41, 5.74) is 4.05. The molecule has 2 heterocycles. The number of hydrogen-bond acceptors (Lipinski definition) is 4. The minimum atomic E-state index is 0.348. The Balaban J connectivity index is 1.34. The van der Waals surface area contributed by atoms with Gasteiger partial charge in [0.1, 0.15) is 0 Å². The third-order valence-electron chi connectivity index (χ3n) is 6.13. The van der Waals surface area contributed by atoms with Crippen molar-refractivity contribution in [3.8, 4) is 0 Å². The summed E-state index contributed by atoms with van der Waals surface area (Å²) in [6.45, 7) is 7.22. The van der Waals surface area contributed by atoms with Gasteiger partial charge in [-0.1, -0.05) is 30.0 Å². The molecule has 4 heteroatoms. The molecular formula is C24H32N2OS. The lowest BCUT2D eigenvalue weighted by atomic mass is 9.94. The first-order chi connectivity index (χ1) is 13.7. The Morgan fingerprint density at radius 3 is 2.54 bits per heavy atom. The number of unbranched alkanes of at least 4 members (excludes halogenated alkanes) is 1. The van der Waals surface area contributed by atoms with Crippen LogP contribution in [0.25, 0.3) is 0 Å². The van der Waals surface area contributed by atoms with Crippen LogP contribution in [0.5, 0.6) is 0 Å². The summed E-state index contributed by atoms with van der Waals surface area (Å²) >= 11 is 1.89. The van der Waals surface area contributed by atoms with Crippen LogP contribution in [0.4, 0.5) is 11.4 Å². The first kappa shape index (κ1) is 19.8. The highest BCUT2D eigenvalue weighted by Gasteiger charge is 2.23. The molecule has 0 spiro atoms. The van der Waals surface area contributed by atoms with E-state index in [-0.39, 0.29) is 0 Å². The normalized spacial score (nSPS) is 17.4. The lowest BCUT2D eigenvalue weighted by Crippen LogP contribution is -2.35. The smallest absolute Gasteiger partial charge is 0.0555 e. The van der Waals surface area contributed by atoms with E-state index in [4.69, 9.17) is 5.11 Å². The summed E-state index contributed by atoms with van der Waals surface area (Å²) in [5.74, 6) is 0.739. The third kappa shape index (κ3) is 4.56. The van der Waals surface area contributed by atoms with E-state index < -0.39 is 0 Å². The van der Waals surface area contributed by atoms with E-state index in [1.54, 1.807) is 0 Å². The van der Waals surface area contributed by atoms with E-state index in [9.17, 15) is 0 Å². The molecule has 2 aromatic rings. The van der Waals surface area contributed by atoms with Crippen LogP contribution >= 0.6 is 11.8 Å². The number of aliphatic hydroxyl groups is 1. The molecule has 2 aliphatic rings. The minimum Gasteiger partial charge on any atom is -0.396 e. The summed E-state index contributed by atoms with van der Waals surface area (Å²) in [7, 11) is 0. The number of para-hydroxylation sites is 1. The molecule has 0 aliphatic carbocycles. The molecule has 28 heavy (non-hydrogen) atoms. The monoisotopic (exact) mass is 396 g/mol. The summed E-state index contributed by atoms with van der Waals surface area (Å²) in [5, 5.41) is 9.12. The molecular weight excluding hydrogens is 364 g/mol. The lowest BCUT2D eigenvalue weighted by Gasteiger charge is -2.34. The number of anilines is 2. The highest BCUT2D eigenvalue weighted by atomic mass is 32.2. The van der Waals surface area contributed by atoms with Gasteiger partial charge in [0.2, 0.25) is 0 Å². The van der Waals surface area contributed by atoms with Gasteiger partial charge in [-0.2, -0.15) is 0 Å². The summed E-state index contributed by atoms with van der Waals surface area (Å²) < 4.78 is 0. The Bertz CT molecular complexity index is 786. The molecule has 0 amide bonds. The molecule has 1 fully saturated rings. The molecule has 1 N–H and O–H groups in total. The van der Waals surface area contributed by atoms with Gasteiger partial charge in [-0.15, -0.1) is 0 Å². The van der Waals surface area contributed by atoms with Gasteiger partial charge in [-0.25, -0.2) is 0 Å². The van der Waals surface area contributed by atoms with E-state index in [2.05, 4.69) is 59.2 Å². The minimum absolute atomic E-state index is 0.348. The van der Waals surface area contributed by atoms with Crippen molar-refractivity contribution in [1.29, 1.82) is 0 Å². The van der Waals surface area contributed by atoms with Crippen molar-refractivity contribution in [2.75, 3.05) is 37.7 Å². The molecule has 0 bridgehead atoms. The zero-order valence-electron chi connectivity index (χ0n) is 16.9. The fraction of sp³-hybridized carbons (Fsp3) is 0.500. The van der Waals surface area contributed by atoms with Crippen molar-refractivity contribution < 1.29 is 5.11 Å². The molecule has 4 rings (SSSR count). The Kier molecular flexibility index (Phi) is 6.61. The summed E-state index contributed by atoms with van der Waals surface area (Å²) in [6.07, 6.45) is 5.95. The molecule has 0 saturated carbocycles. The maximum absolute atomic E-state index is 9.12. The number of aryl methyl sites for hydroxylation is 1. The second-order valence-electron chi connectivity index (χ2n) is 8.20. The molecule has 2 aliphatic heterocycles. The average molecular weight is 397 g/mol. The second-order valence-corrected chi connectivity index (χ2v) is 9.28. The predicted molar refractivity (Wildman–Crippen MR) is 119 cm³/mol. The molecule has 1 saturated heterocycles. The molecule has 0 aromatic heterocycles. The van der Waals surface area contributed by atoms with E-state index in [0.29, 0.717) is 6.61 Å². The van der Waals surface area contributed by atoms with Crippen LogP contribution in [0.2, 0.25) is 0 Å². The van der Waals surface area contributed by atoms with Gasteiger partial charge < -0.3 is 14.9 Å². The van der Waals surface area contributed by atoms with Gasteiger partial charge >= 0.3 is 0 Å². The molecule has 0 unspecified atom stereocenters. The van der Waals surface area contributed by atoms with Crippen LogP contribution in [0.1, 0.15) is 37.7 Å². The fourth-order valence-corrected chi connectivity index (χ4v) is 5.54. The number of rotatable bonds is 7. The summed E-state index contributed by atoms with van der Waals surface area (Å²) in [6, 6.07) is 15.6. The Morgan fingerprint density at radius 1 is 0.964 bits per heavy atom. The predicted octanol–water partition coefficient (Wildman–Crippen LogP) is 5.47. The molecule has 2 aromatic carbocycles. The third-order valence-corrected chi connectivity index (χ3v) is 7.26. The Morgan fingerprint density at radius 2 is 1.71 bits per heavy atom. The zero-order chi connectivity index (χ0) is 19.3. The molecule has 0 atom stereocenters. The molecule has 150 valence electrons. The van der Waals surface area contributed by atoms with Gasteiger partial charge in [0.05, 0.1) is 11.4 Å². The van der Waals surface area contributed by atoms with Gasteiger partial charge in [0.15, 0.2) is 0 Å². The van der Waals surface area contributed by atoms with Crippen molar-refractivity contribution in [1.82, 2.24) is 4.90 Å². The maximum atomic E-state index is 9.12. The number of aliphatic hydroxyl groups excluding tert-OH is 1. The quantitative estimate of drug-likeness (QED) is 0.628. The number of piperidine rings is 1. The maximum Gasteiger partial charge on any atom is 0.0555 e. The summed E-state index contributed by atoms with van der Waals surface area (Å²) in [4.78, 5) is 7.88. The SMILES string of the molecule is Cc1ccc2c(c1)N(CCCCN1CCC(CCO)CC1)c1ccccc1S2. The van der Waals surface area contributed by atoms with Gasteiger partial charge in [0, 0.05) is 22.9 Å². The lowest BCUT2D eigenvalue weighted by molar-refractivity contribution is 0.157. The first-order valence-corrected chi connectivity index (χ1v) is 11.5. The largest absolute Gasteiger partial charge is 0.396 e. The van der Waals surface area contributed by atoms with E-state index >= 15 is 0 Å². The Labute approximate surface area is 173 Å². The topological polar surface area (TPSA) is 26.7 Å². The van der Waals surface area contributed by atoms with Gasteiger partial charge in [-0.05, 0) is 94.4 Å². The van der Waals surface area contributed by atoms with E-state index in [1.165, 1.54) is 72.0 Å². The van der Waals surface area contributed by atoms with Crippen LogP contribution < -0.4 is 4.90 Å². The number of nitrogens with zero attached hydrogens (tertiary/aromatic N) is 2. The van der Waals surface area contributed by atoms with Crippen molar-refractivity contribution >= 4 is 23.1 Å². The van der Waals surface area contributed by atoms with Crippen molar-refractivity contribution in [3.05, 3.63) is 48.0 Å².